The maximum atomic E-state index is 10.2. The number of methoxy groups -OCH3 is 1. The molecule has 30 heavy (non-hydrogen) atoms. The number of allylic oxidation sites excluding steroid dienone is 1. The van der Waals surface area contributed by atoms with Crippen molar-refractivity contribution in [3.8, 4) is 0 Å². The molecule has 172 valence electrons. The average molecular weight is 417 g/mol. The molecule has 2 heteroatoms. The van der Waals surface area contributed by atoms with Crippen LogP contribution in [0.5, 0.6) is 0 Å². The van der Waals surface area contributed by atoms with Crippen molar-refractivity contribution in [2.24, 2.45) is 46.3 Å². The largest absolute Gasteiger partial charge is 0.393 e. The van der Waals surface area contributed by atoms with Crippen molar-refractivity contribution in [3.05, 3.63) is 11.6 Å². The Kier molecular flexibility index (Phi) is 6.50. The molecule has 4 aliphatic carbocycles. The van der Waals surface area contributed by atoms with E-state index in [2.05, 4.69) is 40.7 Å². The molecule has 0 bridgehead atoms. The topological polar surface area (TPSA) is 29.5 Å². The summed E-state index contributed by atoms with van der Waals surface area (Å²) in [6, 6.07) is 0. The Morgan fingerprint density at radius 2 is 1.80 bits per heavy atom. The van der Waals surface area contributed by atoms with Crippen molar-refractivity contribution in [1.82, 2.24) is 0 Å². The van der Waals surface area contributed by atoms with Crippen LogP contribution in [0.3, 0.4) is 0 Å². The van der Waals surface area contributed by atoms with Crippen molar-refractivity contribution < 1.29 is 9.84 Å². The van der Waals surface area contributed by atoms with E-state index in [0.29, 0.717) is 22.9 Å². The van der Waals surface area contributed by atoms with Crippen LogP contribution in [-0.4, -0.2) is 24.4 Å². The molecule has 0 amide bonds. The fourth-order valence-corrected chi connectivity index (χ4v) is 8.90. The molecule has 4 aliphatic rings. The van der Waals surface area contributed by atoms with Crippen LogP contribution in [0.25, 0.3) is 0 Å². The van der Waals surface area contributed by atoms with Crippen LogP contribution in [-0.2, 0) is 4.74 Å². The second-order valence-electron chi connectivity index (χ2n) is 12.5. The Hall–Kier alpha value is -0.340. The van der Waals surface area contributed by atoms with Crippen molar-refractivity contribution in [2.45, 2.75) is 111 Å². The molecule has 3 fully saturated rings. The molecule has 0 saturated heterocycles. The van der Waals surface area contributed by atoms with E-state index in [4.69, 9.17) is 4.74 Å². The maximum absolute atomic E-state index is 10.2. The zero-order chi connectivity index (χ0) is 21.7. The number of aliphatic hydroxyl groups excluding tert-OH is 1. The number of hydrogen-bond donors (Lipinski definition) is 1. The summed E-state index contributed by atoms with van der Waals surface area (Å²) in [5, 5.41) is 10.2. The van der Waals surface area contributed by atoms with Gasteiger partial charge in [0.25, 0.3) is 0 Å². The molecule has 0 aromatic rings. The quantitative estimate of drug-likeness (QED) is 0.472. The van der Waals surface area contributed by atoms with Crippen LogP contribution >= 0.6 is 0 Å². The van der Waals surface area contributed by atoms with Crippen LogP contribution in [0.15, 0.2) is 11.6 Å². The molecular formula is C28H48O2. The number of fused-ring (bicyclic) bond motifs is 5. The first-order valence-corrected chi connectivity index (χ1v) is 13.1. The first-order chi connectivity index (χ1) is 14.2. The number of ether oxygens (including phenoxy) is 1. The van der Waals surface area contributed by atoms with E-state index >= 15 is 0 Å². The van der Waals surface area contributed by atoms with Gasteiger partial charge < -0.3 is 9.84 Å². The van der Waals surface area contributed by atoms with E-state index in [9.17, 15) is 5.11 Å². The first kappa shape index (κ1) is 22.8. The molecule has 1 unspecified atom stereocenters. The fourth-order valence-electron chi connectivity index (χ4n) is 8.90. The smallest absolute Gasteiger partial charge is 0.0599 e. The van der Waals surface area contributed by atoms with Crippen molar-refractivity contribution in [2.75, 3.05) is 7.11 Å². The van der Waals surface area contributed by atoms with Crippen LogP contribution in [0, 0.1) is 46.3 Å². The fraction of sp³-hybridized carbons (Fsp3) is 0.929. The second-order valence-corrected chi connectivity index (χ2v) is 12.5. The molecule has 0 radical (unpaired) electrons. The Balaban J connectivity index is 1.52. The minimum Gasteiger partial charge on any atom is -0.393 e. The summed E-state index contributed by atoms with van der Waals surface area (Å²) in [7, 11) is 1.94. The Bertz CT molecular complexity index is 639. The minimum atomic E-state index is -0.0942. The molecule has 3 saturated carbocycles. The summed E-state index contributed by atoms with van der Waals surface area (Å²) < 4.78 is 6.07. The first-order valence-electron chi connectivity index (χ1n) is 13.1. The monoisotopic (exact) mass is 416 g/mol. The van der Waals surface area contributed by atoms with Gasteiger partial charge in [0.2, 0.25) is 0 Å². The highest BCUT2D eigenvalue weighted by Gasteiger charge is 2.59. The number of aliphatic hydroxyl groups is 1. The lowest BCUT2D eigenvalue weighted by molar-refractivity contribution is -0.0728. The van der Waals surface area contributed by atoms with Crippen molar-refractivity contribution >= 4 is 0 Å². The molecule has 2 nitrogen and oxygen atoms in total. The molecule has 9 atom stereocenters. The lowest BCUT2D eigenvalue weighted by atomic mass is 9.47. The van der Waals surface area contributed by atoms with Gasteiger partial charge in [0.1, 0.15) is 0 Å². The lowest BCUT2D eigenvalue weighted by Crippen LogP contribution is -2.51. The Morgan fingerprint density at radius 1 is 1.03 bits per heavy atom. The molecule has 0 aliphatic heterocycles. The summed E-state index contributed by atoms with van der Waals surface area (Å²) in [5.41, 5.74) is 2.45. The summed E-state index contributed by atoms with van der Waals surface area (Å²) in [4.78, 5) is 0. The van der Waals surface area contributed by atoms with E-state index in [-0.39, 0.29) is 6.10 Å². The van der Waals surface area contributed by atoms with E-state index in [1.807, 2.05) is 7.11 Å². The molecule has 0 heterocycles. The third-order valence-electron chi connectivity index (χ3n) is 10.7. The zero-order valence-electron chi connectivity index (χ0n) is 20.6. The van der Waals surface area contributed by atoms with E-state index in [1.54, 1.807) is 5.57 Å². The van der Waals surface area contributed by atoms with E-state index in [1.165, 1.54) is 51.4 Å². The lowest BCUT2D eigenvalue weighted by Gasteiger charge is -2.58. The van der Waals surface area contributed by atoms with Crippen molar-refractivity contribution in [1.29, 1.82) is 0 Å². The van der Waals surface area contributed by atoms with Crippen molar-refractivity contribution in [3.63, 3.8) is 0 Å². The number of rotatable bonds is 6. The third kappa shape index (κ3) is 3.72. The summed E-state index contributed by atoms with van der Waals surface area (Å²) >= 11 is 0. The predicted octanol–water partition coefficient (Wildman–Crippen LogP) is 7.01. The molecule has 0 aromatic carbocycles. The molecule has 0 aromatic heterocycles. The van der Waals surface area contributed by atoms with Gasteiger partial charge in [-0.25, -0.2) is 0 Å². The standard InChI is InChI=1S/C28H48O2/c1-18(2)7-12-26(30-6)19(3)23-10-11-24-22-9-8-20-17-21(29)13-15-27(20,4)25(22)14-16-28(23,24)5/h8,18-19,21-26,29H,7,9-17H2,1-6H3/t19-,21-,22-,23+,24-,25-,26?,27-,28+/m0/s1. The molecule has 4 rings (SSSR count). The van der Waals surface area contributed by atoms with E-state index < -0.39 is 0 Å². The minimum absolute atomic E-state index is 0.0942. The Labute approximate surface area is 186 Å². The van der Waals surface area contributed by atoms with E-state index in [0.717, 1.165) is 42.4 Å². The van der Waals surface area contributed by atoms with Gasteiger partial charge in [0, 0.05) is 7.11 Å². The summed E-state index contributed by atoms with van der Waals surface area (Å²) in [6.07, 6.45) is 15.4. The van der Waals surface area contributed by atoms with Gasteiger partial charge in [-0.05, 0) is 111 Å². The second kappa shape index (κ2) is 8.54. The van der Waals surface area contributed by atoms with Gasteiger partial charge in [0.05, 0.1) is 12.2 Å². The summed E-state index contributed by atoms with van der Waals surface area (Å²) in [5.74, 6) is 4.82. The van der Waals surface area contributed by atoms with Gasteiger partial charge in [0.15, 0.2) is 0 Å². The zero-order valence-corrected chi connectivity index (χ0v) is 20.6. The van der Waals surface area contributed by atoms with Gasteiger partial charge in [-0.3, -0.25) is 0 Å². The molecular weight excluding hydrogens is 368 g/mol. The van der Waals surface area contributed by atoms with Crippen LogP contribution in [0.4, 0.5) is 0 Å². The van der Waals surface area contributed by atoms with Gasteiger partial charge in [-0.15, -0.1) is 0 Å². The predicted molar refractivity (Wildman–Crippen MR) is 125 cm³/mol. The normalized spacial score (nSPS) is 45.3. The summed E-state index contributed by atoms with van der Waals surface area (Å²) in [6.45, 7) is 12.4. The highest BCUT2D eigenvalue weighted by atomic mass is 16.5. The highest BCUT2D eigenvalue weighted by Crippen LogP contribution is 2.67. The highest BCUT2D eigenvalue weighted by molar-refractivity contribution is 5.25. The van der Waals surface area contributed by atoms with Gasteiger partial charge in [-0.1, -0.05) is 46.3 Å². The van der Waals surface area contributed by atoms with Crippen LogP contribution < -0.4 is 0 Å². The molecule has 0 spiro atoms. The van der Waals surface area contributed by atoms with Gasteiger partial charge in [-0.2, -0.15) is 0 Å². The molecule has 1 N–H and O–H groups in total. The number of hydrogen-bond acceptors (Lipinski definition) is 2. The Morgan fingerprint density at radius 3 is 2.50 bits per heavy atom. The van der Waals surface area contributed by atoms with Gasteiger partial charge >= 0.3 is 0 Å². The van der Waals surface area contributed by atoms with Crippen LogP contribution in [0.1, 0.15) is 98.8 Å². The maximum Gasteiger partial charge on any atom is 0.0599 e. The third-order valence-corrected chi connectivity index (χ3v) is 10.7. The SMILES string of the molecule is COC(CCC(C)C)[C@@H](C)[C@H]1CC[C@H]2[C@@H]3CC=C4C[C@@H](O)CC[C@]4(C)[C@H]3CC[C@]12C. The van der Waals surface area contributed by atoms with Crippen LogP contribution in [0.2, 0.25) is 0 Å². The average Bonchev–Trinajstić information content (AvgIpc) is 3.05.